The molecule has 0 fully saturated rings. The van der Waals surface area contributed by atoms with Crippen molar-refractivity contribution in [2.45, 2.75) is 19.3 Å². The van der Waals surface area contributed by atoms with Gasteiger partial charge in [0.2, 0.25) is 0 Å². The van der Waals surface area contributed by atoms with Crippen molar-refractivity contribution >= 4 is 27.8 Å². The Morgan fingerprint density at radius 1 is 0.842 bits per heavy atom. The first kappa shape index (κ1) is 11.9. The third-order valence-corrected chi connectivity index (χ3v) is 3.56. The van der Waals surface area contributed by atoms with Gasteiger partial charge in [0.05, 0.1) is 0 Å². The molecule has 1 heteroatoms. The van der Waals surface area contributed by atoms with Gasteiger partial charge in [0.1, 0.15) is 0 Å². The lowest BCUT2D eigenvalue weighted by atomic mass is 9.97. The van der Waals surface area contributed by atoms with Gasteiger partial charge < -0.3 is 0 Å². The lowest BCUT2D eigenvalue weighted by molar-refractivity contribution is 0.549. The summed E-state index contributed by atoms with van der Waals surface area (Å²) in [7, 11) is 0. The van der Waals surface area contributed by atoms with E-state index in [-0.39, 0.29) is 0 Å². The van der Waals surface area contributed by atoms with Crippen LogP contribution in [0, 0.1) is 0 Å². The maximum atomic E-state index is 10.3. The fourth-order valence-electron chi connectivity index (χ4n) is 2.60. The quantitative estimate of drug-likeness (QED) is 0.492. The number of fused-ring (bicyclic) bond motifs is 2. The van der Waals surface area contributed by atoms with E-state index >= 15 is 0 Å². The minimum Gasteiger partial charge on any atom is -0.291 e. The standard InChI is InChI=1S/C18H15O/c19-11-4-3-6-14-9-5-10-17-12-15-7-1-2-8-16(15)13-18(14)17/h1-2,5,7-10,12-13H,3-4,6H2. The molecular formula is C18H15O. The molecule has 0 saturated heterocycles. The van der Waals surface area contributed by atoms with Crippen molar-refractivity contribution in [3.8, 4) is 0 Å². The maximum Gasteiger partial charge on any atom is 0.198 e. The van der Waals surface area contributed by atoms with Gasteiger partial charge in [0.25, 0.3) is 0 Å². The van der Waals surface area contributed by atoms with Crippen LogP contribution in [0.25, 0.3) is 21.5 Å². The van der Waals surface area contributed by atoms with E-state index in [4.69, 9.17) is 0 Å². The van der Waals surface area contributed by atoms with E-state index in [9.17, 15) is 4.79 Å². The minimum atomic E-state index is 0.518. The molecule has 0 aliphatic rings. The van der Waals surface area contributed by atoms with E-state index in [0.717, 1.165) is 12.8 Å². The molecule has 0 heterocycles. The normalized spacial score (nSPS) is 10.9. The van der Waals surface area contributed by atoms with Crippen LogP contribution in [0.3, 0.4) is 0 Å². The first-order valence-electron chi connectivity index (χ1n) is 6.64. The fourth-order valence-corrected chi connectivity index (χ4v) is 2.60. The second-order valence-corrected chi connectivity index (χ2v) is 4.84. The fraction of sp³-hybridized carbons (Fsp3) is 0.167. The maximum absolute atomic E-state index is 10.3. The van der Waals surface area contributed by atoms with Crippen molar-refractivity contribution in [1.82, 2.24) is 0 Å². The molecule has 0 aromatic heterocycles. The van der Waals surface area contributed by atoms with Crippen molar-refractivity contribution in [2.24, 2.45) is 0 Å². The highest BCUT2D eigenvalue weighted by Crippen LogP contribution is 2.26. The Morgan fingerprint density at radius 2 is 1.58 bits per heavy atom. The van der Waals surface area contributed by atoms with Crippen LogP contribution in [0.4, 0.5) is 0 Å². The Balaban J connectivity index is 2.12. The van der Waals surface area contributed by atoms with Gasteiger partial charge in [-0.15, -0.1) is 0 Å². The number of unbranched alkanes of at least 4 members (excludes halogenated alkanes) is 1. The summed E-state index contributed by atoms with van der Waals surface area (Å²) in [5.41, 5.74) is 1.32. The predicted molar refractivity (Wildman–Crippen MR) is 80.1 cm³/mol. The highest BCUT2D eigenvalue weighted by Gasteiger charge is 2.03. The summed E-state index contributed by atoms with van der Waals surface area (Å²) < 4.78 is 0. The monoisotopic (exact) mass is 247 g/mol. The molecule has 0 aliphatic heterocycles. The van der Waals surface area contributed by atoms with Crippen molar-refractivity contribution < 1.29 is 4.79 Å². The summed E-state index contributed by atoms with van der Waals surface area (Å²) >= 11 is 0. The van der Waals surface area contributed by atoms with Crippen LogP contribution in [0.5, 0.6) is 0 Å². The molecule has 1 nitrogen and oxygen atoms in total. The SMILES string of the molecule is O=[C]CCCc1cccc2cc3ccccc3cc12. The van der Waals surface area contributed by atoms with Crippen molar-refractivity contribution in [3.63, 3.8) is 0 Å². The van der Waals surface area contributed by atoms with E-state index < -0.39 is 0 Å². The van der Waals surface area contributed by atoms with Crippen molar-refractivity contribution in [1.29, 1.82) is 0 Å². The van der Waals surface area contributed by atoms with Crippen LogP contribution in [0.2, 0.25) is 0 Å². The van der Waals surface area contributed by atoms with E-state index in [2.05, 4.69) is 54.6 Å². The zero-order chi connectivity index (χ0) is 13.1. The molecule has 0 spiro atoms. The zero-order valence-corrected chi connectivity index (χ0v) is 10.7. The Morgan fingerprint density at radius 3 is 2.37 bits per heavy atom. The van der Waals surface area contributed by atoms with Crippen molar-refractivity contribution in [2.75, 3.05) is 0 Å². The highest BCUT2D eigenvalue weighted by molar-refractivity contribution is 5.99. The molecule has 0 atom stereocenters. The Labute approximate surface area is 112 Å². The molecule has 0 aliphatic carbocycles. The lowest BCUT2D eigenvalue weighted by Crippen LogP contribution is -1.88. The molecule has 3 rings (SSSR count). The topological polar surface area (TPSA) is 17.1 Å². The van der Waals surface area contributed by atoms with Gasteiger partial charge >= 0.3 is 0 Å². The number of rotatable bonds is 4. The van der Waals surface area contributed by atoms with Crippen molar-refractivity contribution in [3.05, 3.63) is 60.2 Å². The van der Waals surface area contributed by atoms with Gasteiger partial charge in [-0.05, 0) is 52.1 Å². The highest BCUT2D eigenvalue weighted by atomic mass is 16.1. The summed E-state index contributed by atoms with van der Waals surface area (Å²) in [6, 6.07) is 19.3. The van der Waals surface area contributed by atoms with Crippen LogP contribution in [-0.4, -0.2) is 6.29 Å². The van der Waals surface area contributed by atoms with E-state index in [1.54, 1.807) is 0 Å². The van der Waals surface area contributed by atoms with Crippen LogP contribution in [0.1, 0.15) is 18.4 Å². The summed E-state index contributed by atoms with van der Waals surface area (Å²) in [6.07, 6.45) is 4.29. The Bertz CT molecular complexity index is 728. The third-order valence-electron chi connectivity index (χ3n) is 3.56. The average Bonchev–Trinajstić information content (AvgIpc) is 2.46. The summed E-state index contributed by atoms with van der Waals surface area (Å²) in [5.74, 6) is 0. The molecule has 93 valence electrons. The first-order chi connectivity index (χ1) is 9.38. The van der Waals surface area contributed by atoms with Crippen LogP contribution < -0.4 is 0 Å². The Kier molecular flexibility index (Phi) is 3.28. The zero-order valence-electron chi connectivity index (χ0n) is 10.7. The lowest BCUT2D eigenvalue weighted by Gasteiger charge is -2.07. The molecule has 0 saturated carbocycles. The number of aryl methyl sites for hydroxylation is 1. The second-order valence-electron chi connectivity index (χ2n) is 4.84. The second kappa shape index (κ2) is 5.23. The molecular weight excluding hydrogens is 232 g/mol. The Hall–Kier alpha value is -2.15. The molecule has 19 heavy (non-hydrogen) atoms. The van der Waals surface area contributed by atoms with Gasteiger partial charge in [-0.2, -0.15) is 0 Å². The predicted octanol–water partition coefficient (Wildman–Crippen LogP) is 4.43. The average molecular weight is 247 g/mol. The van der Waals surface area contributed by atoms with Gasteiger partial charge in [-0.3, -0.25) is 4.79 Å². The van der Waals surface area contributed by atoms with Crippen LogP contribution in [-0.2, 0) is 11.2 Å². The number of hydrogen-bond acceptors (Lipinski definition) is 1. The molecule has 0 amide bonds. The smallest absolute Gasteiger partial charge is 0.198 e. The largest absolute Gasteiger partial charge is 0.291 e. The summed E-state index contributed by atoms with van der Waals surface area (Å²) in [6.45, 7) is 0. The van der Waals surface area contributed by atoms with Gasteiger partial charge in [0, 0.05) is 6.42 Å². The minimum absolute atomic E-state index is 0.518. The van der Waals surface area contributed by atoms with Gasteiger partial charge in [-0.1, -0.05) is 42.5 Å². The molecule has 0 N–H and O–H groups in total. The molecule has 1 radical (unpaired) electrons. The first-order valence-corrected chi connectivity index (χ1v) is 6.64. The van der Waals surface area contributed by atoms with E-state index in [1.807, 2.05) is 6.29 Å². The van der Waals surface area contributed by atoms with E-state index in [0.29, 0.717) is 6.42 Å². The number of hydrogen-bond donors (Lipinski definition) is 0. The molecule has 3 aromatic rings. The van der Waals surface area contributed by atoms with Gasteiger partial charge in [0.15, 0.2) is 6.29 Å². The van der Waals surface area contributed by atoms with Crippen LogP contribution >= 0.6 is 0 Å². The summed E-state index contributed by atoms with van der Waals surface area (Å²) in [5, 5.41) is 5.11. The molecule has 0 bridgehead atoms. The van der Waals surface area contributed by atoms with Gasteiger partial charge in [-0.25, -0.2) is 0 Å². The summed E-state index contributed by atoms with van der Waals surface area (Å²) in [4.78, 5) is 10.3. The third kappa shape index (κ3) is 2.37. The molecule has 0 unspecified atom stereocenters. The number of benzene rings is 3. The van der Waals surface area contributed by atoms with Crippen LogP contribution in [0.15, 0.2) is 54.6 Å². The molecule has 3 aromatic carbocycles. The van der Waals surface area contributed by atoms with E-state index in [1.165, 1.54) is 27.1 Å². The number of carbonyl (C=O) groups excluding carboxylic acids is 1.